The van der Waals surface area contributed by atoms with Gasteiger partial charge in [-0.1, -0.05) is 206 Å². The number of fused-ring (bicyclic) bond motifs is 19. The van der Waals surface area contributed by atoms with E-state index in [2.05, 4.69) is 269 Å². The molecule has 0 fully saturated rings. The van der Waals surface area contributed by atoms with Crippen molar-refractivity contribution in [1.29, 1.82) is 0 Å². The Kier molecular flexibility index (Phi) is 8.51. The number of aromatic nitrogens is 6. The molecule has 0 bridgehead atoms. The van der Waals surface area contributed by atoms with Crippen molar-refractivity contribution in [2.45, 2.75) is 11.3 Å². The number of rotatable bonds is 5. The topological polar surface area (TPSA) is 53.5 Å². The molecule has 0 saturated carbocycles. The molecule has 3 atom stereocenters. The number of hydrogen-bond acceptors (Lipinski definition) is 3. The largest absolute Gasteiger partial charge is 0.309 e. The maximum absolute atomic E-state index is 5.58. The van der Waals surface area contributed by atoms with Gasteiger partial charge in [-0.25, -0.2) is 0 Å². The van der Waals surface area contributed by atoms with Crippen LogP contribution in [0, 0.1) is 5.92 Å². The van der Waals surface area contributed by atoms with Crippen LogP contribution in [-0.2, 0) is 5.41 Å². The Labute approximate surface area is 437 Å². The quantitative estimate of drug-likeness (QED) is 0.173. The van der Waals surface area contributed by atoms with E-state index in [1.807, 2.05) is 0 Å². The molecule has 6 heteroatoms. The first-order chi connectivity index (χ1) is 37.7. The van der Waals surface area contributed by atoms with Gasteiger partial charge in [-0.05, 0) is 93.0 Å². The predicted octanol–water partition coefficient (Wildman–Crippen LogP) is 16.5. The van der Waals surface area contributed by atoms with Gasteiger partial charge in [-0.15, -0.1) is 0 Å². The first kappa shape index (κ1) is 41.6. The fourth-order valence-electron chi connectivity index (χ4n) is 14.0. The van der Waals surface area contributed by atoms with E-state index in [-0.39, 0.29) is 11.8 Å². The lowest BCUT2D eigenvalue weighted by molar-refractivity contribution is 0.466. The minimum absolute atomic E-state index is 0.0180. The lowest BCUT2D eigenvalue weighted by Crippen LogP contribution is -2.33. The molecule has 76 heavy (non-hydrogen) atoms. The van der Waals surface area contributed by atoms with Gasteiger partial charge in [0.1, 0.15) is 0 Å². The van der Waals surface area contributed by atoms with Crippen molar-refractivity contribution in [3.63, 3.8) is 0 Å². The monoisotopic (exact) mass is 968 g/mol. The summed E-state index contributed by atoms with van der Waals surface area (Å²) in [7, 11) is 0. The molecule has 3 aliphatic rings. The molecule has 17 rings (SSSR count). The average Bonchev–Trinajstić information content (AvgIpc) is 4.44. The average molecular weight is 969 g/mol. The molecule has 354 valence electrons. The minimum atomic E-state index is -0.536. The Morgan fingerprint density at radius 1 is 0.355 bits per heavy atom. The van der Waals surface area contributed by atoms with Gasteiger partial charge in [0.2, 0.25) is 11.9 Å². The Bertz CT molecular complexity index is 4620. The standard InChI is InChI=1S/C70H44N6/c1-2-18-43(19-3-1)44-34-38-56-55-26-6-13-29-61(55)74(66(56)41-44)46-36-39-50-48-21-5-12-28-58(48)70(60(50)42-46)57-27-11-4-20-47(57)49-37-35-45(40-59(49)70)67-71-68(75-62-30-14-7-22-51(62)52-23-8-15-31-63(52)75)73-69(72-67)76-64-32-16-9-24-53(64)54-25-10-17-33-65(54)76/h1-42,49,59H. The molecule has 1 spiro atoms. The minimum Gasteiger partial charge on any atom is -0.309 e. The Morgan fingerprint density at radius 3 is 1.47 bits per heavy atom. The van der Waals surface area contributed by atoms with Crippen molar-refractivity contribution < 1.29 is 0 Å². The first-order valence-electron chi connectivity index (χ1n) is 26.3. The SMILES string of the molecule is C1=CC2c3ccccc3C3(c4ccccc4-c4ccc(-n5c6ccccc6c6ccc(-c7ccccc7)cc65)cc43)C2C=C1c1nc(-n2c3ccccc3c3ccccc32)nc(-n2c3ccccc3c3ccccc32)n1. The summed E-state index contributed by atoms with van der Waals surface area (Å²) in [5, 5.41) is 7.09. The highest BCUT2D eigenvalue weighted by molar-refractivity contribution is 6.12. The molecule has 3 unspecified atom stereocenters. The summed E-state index contributed by atoms with van der Waals surface area (Å²) in [6.07, 6.45) is 7.22. The molecule has 10 aromatic carbocycles. The van der Waals surface area contributed by atoms with Crippen LogP contribution in [0.1, 0.15) is 34.0 Å². The molecule has 4 aromatic heterocycles. The van der Waals surface area contributed by atoms with Crippen molar-refractivity contribution in [2.75, 3.05) is 0 Å². The van der Waals surface area contributed by atoms with E-state index in [9.17, 15) is 0 Å². The summed E-state index contributed by atoms with van der Waals surface area (Å²) < 4.78 is 6.93. The highest BCUT2D eigenvalue weighted by Gasteiger charge is 2.57. The Morgan fingerprint density at radius 2 is 0.855 bits per heavy atom. The zero-order chi connectivity index (χ0) is 49.6. The van der Waals surface area contributed by atoms with Crippen LogP contribution in [0.15, 0.2) is 255 Å². The van der Waals surface area contributed by atoms with Crippen molar-refractivity contribution in [1.82, 2.24) is 28.7 Å². The van der Waals surface area contributed by atoms with Gasteiger partial charge >= 0.3 is 0 Å². The fourth-order valence-corrected chi connectivity index (χ4v) is 14.0. The van der Waals surface area contributed by atoms with Crippen molar-refractivity contribution in [3.8, 4) is 39.8 Å². The summed E-state index contributed by atoms with van der Waals surface area (Å²) in [5.74, 6) is 1.85. The zero-order valence-corrected chi connectivity index (χ0v) is 41.1. The maximum Gasteiger partial charge on any atom is 0.240 e. The van der Waals surface area contributed by atoms with Gasteiger partial charge in [0.25, 0.3) is 0 Å². The third kappa shape index (κ3) is 5.57. The molecule has 6 nitrogen and oxygen atoms in total. The van der Waals surface area contributed by atoms with Crippen LogP contribution in [0.2, 0.25) is 0 Å². The van der Waals surface area contributed by atoms with E-state index in [0.717, 1.165) is 54.9 Å². The van der Waals surface area contributed by atoms with E-state index >= 15 is 0 Å². The Hall–Kier alpha value is -9.91. The van der Waals surface area contributed by atoms with Gasteiger partial charge in [0.15, 0.2) is 5.82 Å². The first-order valence-corrected chi connectivity index (χ1v) is 26.3. The second-order valence-electron chi connectivity index (χ2n) is 20.7. The van der Waals surface area contributed by atoms with Gasteiger partial charge < -0.3 is 4.57 Å². The van der Waals surface area contributed by atoms with Gasteiger partial charge in [0, 0.05) is 55.4 Å². The van der Waals surface area contributed by atoms with Gasteiger partial charge in [-0.3, -0.25) is 9.13 Å². The molecule has 0 aliphatic heterocycles. The third-order valence-electron chi connectivity index (χ3n) is 17.0. The molecule has 0 radical (unpaired) electrons. The molecule has 3 aliphatic carbocycles. The molecule has 4 heterocycles. The third-order valence-corrected chi connectivity index (χ3v) is 17.0. The van der Waals surface area contributed by atoms with Crippen LogP contribution in [0.3, 0.4) is 0 Å². The van der Waals surface area contributed by atoms with Crippen molar-refractivity contribution in [2.24, 2.45) is 5.92 Å². The van der Waals surface area contributed by atoms with Crippen LogP contribution >= 0.6 is 0 Å². The van der Waals surface area contributed by atoms with Crippen molar-refractivity contribution in [3.05, 3.63) is 283 Å². The number of nitrogens with zero attached hydrogens (tertiary/aromatic N) is 6. The number of allylic oxidation sites excluding steroid dienone is 4. The second-order valence-corrected chi connectivity index (χ2v) is 20.7. The van der Waals surface area contributed by atoms with E-state index in [1.165, 1.54) is 66.3 Å². The van der Waals surface area contributed by atoms with Gasteiger partial charge in [0.05, 0.1) is 38.5 Å². The molecular formula is C70H44N6. The lowest BCUT2D eigenvalue weighted by Gasteiger charge is -2.37. The van der Waals surface area contributed by atoms with E-state index < -0.39 is 5.41 Å². The van der Waals surface area contributed by atoms with Crippen LogP contribution in [0.25, 0.3) is 111 Å². The van der Waals surface area contributed by atoms with Crippen LogP contribution < -0.4 is 0 Å². The van der Waals surface area contributed by atoms with E-state index in [4.69, 9.17) is 15.0 Å². The highest BCUT2D eigenvalue weighted by Crippen LogP contribution is 2.66. The Balaban J connectivity index is 0.917. The normalized spacial score (nSPS) is 17.3. The van der Waals surface area contributed by atoms with Crippen molar-refractivity contribution >= 4 is 71.0 Å². The molecule has 0 N–H and O–H groups in total. The second kappa shape index (κ2) is 15.6. The predicted molar refractivity (Wildman–Crippen MR) is 310 cm³/mol. The summed E-state index contributed by atoms with van der Waals surface area (Å²) in [4.78, 5) is 16.6. The molecule has 14 aromatic rings. The van der Waals surface area contributed by atoms with E-state index in [0.29, 0.717) is 17.7 Å². The van der Waals surface area contributed by atoms with E-state index in [1.54, 1.807) is 0 Å². The fraction of sp³-hybridized carbons (Fsp3) is 0.0429. The molecule has 0 saturated heterocycles. The van der Waals surface area contributed by atoms with Crippen LogP contribution in [-0.4, -0.2) is 28.7 Å². The number of para-hydroxylation sites is 5. The summed E-state index contributed by atoms with van der Waals surface area (Å²) >= 11 is 0. The van der Waals surface area contributed by atoms with Crippen LogP contribution in [0.4, 0.5) is 0 Å². The highest BCUT2D eigenvalue weighted by atomic mass is 15.3. The smallest absolute Gasteiger partial charge is 0.240 e. The summed E-state index contributed by atoms with van der Waals surface area (Å²) in [6.45, 7) is 0. The zero-order valence-electron chi connectivity index (χ0n) is 41.1. The molecule has 0 amide bonds. The number of benzene rings is 10. The molecular weight excluding hydrogens is 925 g/mol. The lowest BCUT2D eigenvalue weighted by atomic mass is 9.65. The number of hydrogen-bond donors (Lipinski definition) is 0. The maximum atomic E-state index is 5.58. The van der Waals surface area contributed by atoms with Crippen LogP contribution in [0.5, 0.6) is 0 Å². The summed E-state index contributed by atoms with van der Waals surface area (Å²) in [5.41, 5.74) is 18.4. The van der Waals surface area contributed by atoms with Gasteiger partial charge in [-0.2, -0.15) is 15.0 Å². The summed E-state index contributed by atoms with van der Waals surface area (Å²) in [6, 6.07) is 86.4.